The molecule has 90 valence electrons. The summed E-state index contributed by atoms with van der Waals surface area (Å²) in [6.45, 7) is 0.605. The Hall–Kier alpha value is -2.48. The van der Waals surface area contributed by atoms with E-state index in [1.54, 1.807) is 0 Å². The molecule has 3 aliphatic rings. The molecule has 0 atom stereocenters. The van der Waals surface area contributed by atoms with Crippen LogP contribution in [0.1, 0.15) is 0 Å². The highest BCUT2D eigenvalue weighted by atomic mass is 16.5. The van der Waals surface area contributed by atoms with E-state index in [1.165, 1.54) is 21.5 Å². The third-order valence-electron chi connectivity index (χ3n) is 3.92. The van der Waals surface area contributed by atoms with E-state index in [-0.39, 0.29) is 0 Å². The highest BCUT2D eigenvalue weighted by Gasteiger charge is 2.13. The van der Waals surface area contributed by atoms with Gasteiger partial charge in [0.05, 0.1) is 0 Å². The second-order valence-electron chi connectivity index (χ2n) is 4.94. The summed E-state index contributed by atoms with van der Waals surface area (Å²) < 4.78 is 11.6. The lowest BCUT2D eigenvalue weighted by atomic mass is 10.1. The first-order valence-electron chi connectivity index (χ1n) is 6.41. The fourth-order valence-corrected chi connectivity index (χ4v) is 3.10. The van der Waals surface area contributed by atoms with Gasteiger partial charge >= 0.3 is 0 Å². The average molecular weight is 246 g/mol. The summed E-state index contributed by atoms with van der Waals surface area (Å²) in [7, 11) is 0. The van der Waals surface area contributed by atoms with E-state index in [0.29, 0.717) is 6.61 Å². The van der Waals surface area contributed by atoms with Crippen molar-refractivity contribution in [1.82, 2.24) is 0 Å². The molecule has 0 spiro atoms. The molecule has 0 amide bonds. The van der Waals surface area contributed by atoms with Gasteiger partial charge in [0, 0.05) is 16.0 Å². The minimum atomic E-state index is 0.605. The van der Waals surface area contributed by atoms with Gasteiger partial charge in [-0.1, -0.05) is 36.4 Å². The van der Waals surface area contributed by atoms with Crippen molar-refractivity contribution in [3.63, 3.8) is 0 Å². The van der Waals surface area contributed by atoms with Gasteiger partial charge in [-0.25, -0.2) is 0 Å². The number of rotatable bonds is 0. The van der Waals surface area contributed by atoms with Crippen LogP contribution >= 0.6 is 0 Å². The molecule has 2 aromatic carbocycles. The van der Waals surface area contributed by atoms with Crippen LogP contribution in [-0.2, 0) is 0 Å². The Bertz CT molecular complexity index is 1050. The Morgan fingerprint density at radius 1 is 0.947 bits per heavy atom. The lowest BCUT2D eigenvalue weighted by Gasteiger charge is -1.96. The number of hydrogen-bond acceptors (Lipinski definition) is 2. The average Bonchev–Trinajstić information content (AvgIpc) is 3.02. The van der Waals surface area contributed by atoms with Crippen LogP contribution in [0.25, 0.3) is 27.6 Å². The van der Waals surface area contributed by atoms with Crippen LogP contribution in [0.3, 0.4) is 0 Å². The molecule has 1 aliphatic carbocycles. The summed E-state index contributed by atoms with van der Waals surface area (Å²) in [6.07, 6.45) is 1.98. The van der Waals surface area contributed by atoms with E-state index in [9.17, 15) is 0 Å². The second-order valence-corrected chi connectivity index (χ2v) is 4.94. The minimum Gasteiger partial charge on any atom is -0.485 e. The fraction of sp³-hybridized carbons (Fsp3) is 0.0588. The topological polar surface area (TPSA) is 22.4 Å². The number of fused-ring (bicyclic) bond motifs is 3. The fourth-order valence-electron chi connectivity index (χ4n) is 3.10. The molecule has 2 aromatic rings. The van der Waals surface area contributed by atoms with Gasteiger partial charge in [-0.15, -0.1) is 0 Å². The molecule has 2 heteroatoms. The molecule has 0 fully saturated rings. The molecule has 0 bridgehead atoms. The first-order chi connectivity index (χ1) is 9.42. The zero-order chi connectivity index (χ0) is 12.4. The Labute approximate surface area is 108 Å². The molecular formula is C17H10O2. The Morgan fingerprint density at radius 2 is 1.79 bits per heavy atom. The molecule has 19 heavy (non-hydrogen) atoms. The highest BCUT2D eigenvalue weighted by molar-refractivity contribution is 6.11. The number of ether oxygens (including phenoxy) is 1. The van der Waals surface area contributed by atoms with E-state index >= 15 is 0 Å². The first kappa shape index (κ1) is 9.45. The van der Waals surface area contributed by atoms with Crippen LogP contribution in [0, 0.1) is 10.6 Å². The second kappa shape index (κ2) is 3.09. The number of benzene rings is 2. The van der Waals surface area contributed by atoms with Crippen molar-refractivity contribution < 1.29 is 9.15 Å². The zero-order valence-electron chi connectivity index (χ0n) is 10.1. The largest absolute Gasteiger partial charge is 0.485 e. The SMILES string of the molecule is C1=c2oc3c4cccc5cccc(c=3cc2OC1)c54. The normalized spacial score (nSPS) is 13.9. The van der Waals surface area contributed by atoms with Gasteiger partial charge in [0.2, 0.25) is 0 Å². The molecule has 0 aromatic heterocycles. The minimum absolute atomic E-state index is 0.605. The van der Waals surface area contributed by atoms with E-state index in [2.05, 4.69) is 42.5 Å². The molecule has 0 radical (unpaired) electrons. The van der Waals surface area contributed by atoms with Gasteiger partial charge < -0.3 is 9.15 Å². The maximum absolute atomic E-state index is 6.05. The predicted octanol–water partition coefficient (Wildman–Crippen LogP) is 3.20. The highest BCUT2D eigenvalue weighted by Crippen LogP contribution is 2.32. The molecule has 5 rings (SSSR count). The Kier molecular flexibility index (Phi) is 1.54. The van der Waals surface area contributed by atoms with E-state index in [0.717, 1.165) is 21.8 Å². The maximum Gasteiger partial charge on any atom is 0.168 e. The van der Waals surface area contributed by atoms with Crippen molar-refractivity contribution in [2.75, 3.05) is 6.61 Å². The number of hydrogen-bond donors (Lipinski definition) is 0. The quantitative estimate of drug-likeness (QED) is 0.475. The maximum atomic E-state index is 6.05. The van der Waals surface area contributed by atoms with Gasteiger partial charge in [-0.2, -0.15) is 0 Å². The summed E-state index contributed by atoms with van der Waals surface area (Å²) in [4.78, 5) is 0. The standard InChI is InChI=1S/C17H10O2/c1-3-10-4-2-6-12-16(10)11(5-1)13-9-15-14(7-8-18-15)19-17(12)13/h1-7,9H,8H2. The molecular weight excluding hydrogens is 236 g/mol. The van der Waals surface area contributed by atoms with Crippen molar-refractivity contribution in [2.24, 2.45) is 0 Å². The summed E-state index contributed by atoms with van der Waals surface area (Å²) in [5, 5.41) is 6.11. The molecule has 2 aliphatic heterocycles. The van der Waals surface area contributed by atoms with Crippen LogP contribution in [0.5, 0.6) is 5.75 Å². The van der Waals surface area contributed by atoms with Crippen LogP contribution in [0.4, 0.5) is 0 Å². The predicted molar refractivity (Wildman–Crippen MR) is 74.2 cm³/mol. The third kappa shape index (κ3) is 1.07. The van der Waals surface area contributed by atoms with E-state index in [4.69, 9.17) is 9.15 Å². The van der Waals surface area contributed by atoms with Gasteiger partial charge in [0.15, 0.2) is 11.2 Å². The van der Waals surface area contributed by atoms with Crippen molar-refractivity contribution in [2.45, 2.75) is 0 Å². The van der Waals surface area contributed by atoms with Gasteiger partial charge in [0.25, 0.3) is 0 Å². The summed E-state index contributed by atoms with van der Waals surface area (Å²) in [5.74, 6) is 0.851. The summed E-state index contributed by atoms with van der Waals surface area (Å²) in [5.41, 5.74) is 1.82. The van der Waals surface area contributed by atoms with Crippen molar-refractivity contribution >= 4 is 27.6 Å². The van der Waals surface area contributed by atoms with Crippen molar-refractivity contribution in [3.05, 3.63) is 58.5 Å². The van der Waals surface area contributed by atoms with E-state index < -0.39 is 0 Å². The molecule has 0 N–H and O–H groups in total. The monoisotopic (exact) mass is 246 g/mol. The van der Waals surface area contributed by atoms with Crippen LogP contribution < -0.4 is 10.2 Å². The lowest BCUT2D eigenvalue weighted by molar-refractivity contribution is 0.368. The first-order valence-corrected chi connectivity index (χ1v) is 6.41. The molecule has 2 nitrogen and oxygen atoms in total. The zero-order valence-corrected chi connectivity index (χ0v) is 10.1. The summed E-state index contributed by atoms with van der Waals surface area (Å²) in [6, 6.07) is 14.8. The van der Waals surface area contributed by atoms with Gasteiger partial charge in [-0.05, 0) is 22.9 Å². The Balaban J connectivity index is 2.21. The lowest BCUT2D eigenvalue weighted by Crippen LogP contribution is -1.97. The third-order valence-corrected chi connectivity index (χ3v) is 3.92. The van der Waals surface area contributed by atoms with Crippen LogP contribution in [0.2, 0.25) is 0 Å². The molecule has 0 unspecified atom stereocenters. The smallest absolute Gasteiger partial charge is 0.168 e. The van der Waals surface area contributed by atoms with Gasteiger partial charge in [0.1, 0.15) is 12.0 Å². The van der Waals surface area contributed by atoms with Crippen molar-refractivity contribution in [3.8, 4) is 5.75 Å². The molecule has 0 saturated heterocycles. The summed E-state index contributed by atoms with van der Waals surface area (Å²) >= 11 is 0. The van der Waals surface area contributed by atoms with Crippen molar-refractivity contribution in [1.29, 1.82) is 0 Å². The van der Waals surface area contributed by atoms with Crippen LogP contribution in [-0.4, -0.2) is 6.61 Å². The molecule has 2 heterocycles. The van der Waals surface area contributed by atoms with Gasteiger partial charge in [-0.3, -0.25) is 0 Å². The molecule has 0 saturated carbocycles. The Morgan fingerprint density at radius 3 is 2.68 bits per heavy atom. The van der Waals surface area contributed by atoms with Crippen LogP contribution in [0.15, 0.2) is 46.9 Å². The van der Waals surface area contributed by atoms with E-state index in [1.807, 2.05) is 6.08 Å².